The van der Waals surface area contributed by atoms with Gasteiger partial charge < -0.3 is 28.8 Å². The second kappa shape index (κ2) is 14.8. The van der Waals surface area contributed by atoms with Gasteiger partial charge >= 0.3 is 11.9 Å². The average molecular weight is 687 g/mol. The van der Waals surface area contributed by atoms with Crippen LogP contribution in [-0.4, -0.2) is 53.9 Å². The predicted molar refractivity (Wildman–Crippen MR) is 185 cm³/mol. The van der Waals surface area contributed by atoms with Gasteiger partial charge in [-0.2, -0.15) is 0 Å². The number of thiazole rings is 1. The van der Waals surface area contributed by atoms with Gasteiger partial charge in [0.25, 0.3) is 5.56 Å². The van der Waals surface area contributed by atoms with Crippen molar-refractivity contribution in [3.63, 3.8) is 0 Å². The molecule has 256 valence electrons. The lowest BCUT2D eigenvalue weighted by Gasteiger charge is -2.25. The van der Waals surface area contributed by atoms with Gasteiger partial charge in [-0.25, -0.2) is 14.6 Å². The number of benzene rings is 2. The van der Waals surface area contributed by atoms with E-state index in [2.05, 4.69) is 19.6 Å². The number of methoxy groups -OCH3 is 1. The molecule has 2 aromatic heterocycles. The summed E-state index contributed by atoms with van der Waals surface area (Å²) in [5.74, 6) is -0.640. The Morgan fingerprint density at radius 3 is 2.37 bits per heavy atom. The number of nitrogens with one attached hydrogen (secondary N) is 1. The number of allylic oxidation sites excluding steroid dienone is 1. The van der Waals surface area contributed by atoms with Crippen molar-refractivity contribution in [3.05, 3.63) is 102 Å². The number of amides is 1. The van der Waals surface area contributed by atoms with Crippen LogP contribution in [0.5, 0.6) is 11.5 Å². The molecule has 0 radical (unpaired) electrons. The van der Waals surface area contributed by atoms with Crippen molar-refractivity contribution in [2.45, 2.75) is 47.6 Å². The van der Waals surface area contributed by atoms with Crippen LogP contribution in [0.3, 0.4) is 0 Å². The maximum Gasteiger partial charge on any atom is 0.343 e. The molecule has 1 aliphatic rings. The van der Waals surface area contributed by atoms with Gasteiger partial charge in [-0.05, 0) is 94.3 Å². The lowest BCUT2D eigenvalue weighted by atomic mass is 9.95. The SMILES string of the molecule is CCOC(=O)C1=C(C)N=c2s/c(=C\c3cc(C)n(-c4ccc(NC(C)=O)cc4)c3C)c(=O)n2[C@H]1c1ccc(OCC(=O)OC)c(OCC)c1. The van der Waals surface area contributed by atoms with Gasteiger partial charge in [0, 0.05) is 29.7 Å². The fraction of sp³-hybridized carbons (Fsp3) is 0.306. The number of carbonyl (C=O) groups excluding carboxylic acids is 3. The summed E-state index contributed by atoms with van der Waals surface area (Å²) in [6.45, 7) is 10.8. The molecule has 5 rings (SSSR count). The van der Waals surface area contributed by atoms with Crippen molar-refractivity contribution in [2.24, 2.45) is 4.99 Å². The summed E-state index contributed by atoms with van der Waals surface area (Å²) >= 11 is 1.23. The van der Waals surface area contributed by atoms with Gasteiger partial charge in [-0.15, -0.1) is 0 Å². The van der Waals surface area contributed by atoms with Crippen LogP contribution in [0.4, 0.5) is 5.69 Å². The van der Waals surface area contributed by atoms with Crippen LogP contribution in [-0.2, 0) is 23.9 Å². The molecule has 3 heterocycles. The molecule has 0 saturated heterocycles. The van der Waals surface area contributed by atoms with Crippen LogP contribution in [0, 0.1) is 13.8 Å². The lowest BCUT2D eigenvalue weighted by molar-refractivity contribution is -0.143. The van der Waals surface area contributed by atoms with E-state index in [0.29, 0.717) is 44.4 Å². The van der Waals surface area contributed by atoms with Gasteiger partial charge in [0.1, 0.15) is 0 Å². The number of carbonyl (C=O) groups is 3. The number of hydrogen-bond acceptors (Lipinski definition) is 10. The van der Waals surface area contributed by atoms with E-state index in [-0.39, 0.29) is 30.3 Å². The number of anilines is 1. The number of aromatic nitrogens is 2. The van der Waals surface area contributed by atoms with Crippen LogP contribution in [0.2, 0.25) is 0 Å². The molecule has 1 N–H and O–H groups in total. The van der Waals surface area contributed by atoms with Crippen molar-refractivity contribution < 1.29 is 33.3 Å². The monoisotopic (exact) mass is 686 g/mol. The normalized spacial score (nSPS) is 14.2. The maximum absolute atomic E-state index is 14.3. The molecule has 49 heavy (non-hydrogen) atoms. The third kappa shape index (κ3) is 7.21. The first kappa shape index (κ1) is 34.9. The van der Waals surface area contributed by atoms with E-state index in [1.165, 1.54) is 29.9 Å². The highest BCUT2D eigenvalue weighted by atomic mass is 32.1. The van der Waals surface area contributed by atoms with Gasteiger partial charge in [-0.3, -0.25) is 14.2 Å². The third-order valence-electron chi connectivity index (χ3n) is 7.88. The van der Waals surface area contributed by atoms with E-state index in [1.54, 1.807) is 32.0 Å². The van der Waals surface area contributed by atoms with Crippen LogP contribution in [0.25, 0.3) is 11.8 Å². The second-order valence-corrected chi connectivity index (χ2v) is 12.2. The zero-order valence-electron chi connectivity index (χ0n) is 28.4. The van der Waals surface area contributed by atoms with E-state index in [4.69, 9.17) is 14.2 Å². The fourth-order valence-electron chi connectivity index (χ4n) is 5.75. The Kier molecular flexibility index (Phi) is 10.5. The molecule has 0 bridgehead atoms. The van der Waals surface area contributed by atoms with Crippen LogP contribution < -0.4 is 29.7 Å². The maximum atomic E-state index is 14.3. The van der Waals surface area contributed by atoms with E-state index in [1.807, 2.05) is 57.2 Å². The van der Waals surface area contributed by atoms with Crippen molar-refractivity contribution in [2.75, 3.05) is 32.2 Å². The smallest absolute Gasteiger partial charge is 0.343 e. The molecule has 1 atom stereocenters. The molecule has 2 aromatic carbocycles. The molecular formula is C36H38N4O8S. The van der Waals surface area contributed by atoms with Crippen LogP contribution >= 0.6 is 11.3 Å². The fourth-order valence-corrected chi connectivity index (χ4v) is 6.79. The highest BCUT2D eigenvalue weighted by Gasteiger charge is 2.34. The van der Waals surface area contributed by atoms with Crippen LogP contribution in [0.15, 0.2) is 69.6 Å². The second-order valence-electron chi connectivity index (χ2n) is 11.2. The number of ether oxygens (including phenoxy) is 4. The van der Waals surface area contributed by atoms with Crippen LogP contribution in [0.1, 0.15) is 56.3 Å². The van der Waals surface area contributed by atoms with Gasteiger partial charge in [0.15, 0.2) is 22.9 Å². The standard InChI is InChI=1S/C36H38N4O8S/c1-8-46-29-17-24(10-15-28(29)48-19-31(42)45-7)33-32(35(44)47-9-2)21(4)37-36-40(33)34(43)30(49-36)18-25-16-20(3)39(22(25)5)27-13-11-26(12-14-27)38-23(6)41/h10-18,33H,8-9,19H2,1-7H3,(H,38,41)/b30-18-/t33-/m0/s1. The molecule has 0 unspecified atom stereocenters. The number of aryl methyl sites for hydroxylation is 1. The van der Waals surface area contributed by atoms with Crippen molar-refractivity contribution >= 4 is 40.9 Å². The summed E-state index contributed by atoms with van der Waals surface area (Å²) in [6, 6.07) is 13.7. The summed E-state index contributed by atoms with van der Waals surface area (Å²) in [6.07, 6.45) is 1.84. The Hall–Kier alpha value is -5.43. The van der Waals surface area contributed by atoms with E-state index in [9.17, 15) is 19.2 Å². The molecule has 13 heteroatoms. The molecule has 1 amide bonds. The van der Waals surface area contributed by atoms with Crippen molar-refractivity contribution in [1.82, 2.24) is 9.13 Å². The summed E-state index contributed by atoms with van der Waals surface area (Å²) < 4.78 is 25.6. The first-order valence-electron chi connectivity index (χ1n) is 15.7. The number of hydrogen-bond donors (Lipinski definition) is 1. The van der Waals surface area contributed by atoms with E-state index < -0.39 is 18.0 Å². The predicted octanol–water partition coefficient (Wildman–Crippen LogP) is 4.11. The number of esters is 2. The molecule has 4 aromatic rings. The minimum Gasteiger partial charge on any atom is -0.490 e. The Morgan fingerprint density at radius 2 is 1.71 bits per heavy atom. The number of fused-ring (bicyclic) bond motifs is 1. The molecule has 0 saturated carbocycles. The largest absolute Gasteiger partial charge is 0.490 e. The van der Waals surface area contributed by atoms with Crippen molar-refractivity contribution in [3.8, 4) is 17.2 Å². The van der Waals surface area contributed by atoms with Gasteiger partial charge in [0.05, 0.1) is 42.2 Å². The summed E-state index contributed by atoms with van der Waals surface area (Å²) in [7, 11) is 1.27. The Bertz CT molecular complexity index is 2140. The molecule has 0 aliphatic carbocycles. The zero-order valence-corrected chi connectivity index (χ0v) is 29.2. The highest BCUT2D eigenvalue weighted by Crippen LogP contribution is 2.36. The minimum absolute atomic E-state index is 0.142. The Balaban J connectivity index is 1.62. The third-order valence-corrected chi connectivity index (χ3v) is 8.86. The quantitative estimate of drug-likeness (QED) is 0.233. The highest BCUT2D eigenvalue weighted by molar-refractivity contribution is 7.07. The first-order valence-corrected chi connectivity index (χ1v) is 16.5. The number of rotatable bonds is 11. The summed E-state index contributed by atoms with van der Waals surface area (Å²) in [4.78, 5) is 56.0. The van der Waals surface area contributed by atoms with E-state index in [0.717, 1.165) is 22.6 Å². The Morgan fingerprint density at radius 1 is 0.980 bits per heavy atom. The topological polar surface area (TPSA) is 139 Å². The molecule has 12 nitrogen and oxygen atoms in total. The molecule has 1 aliphatic heterocycles. The molecule has 0 fully saturated rings. The summed E-state index contributed by atoms with van der Waals surface area (Å²) in [5, 5.41) is 2.78. The lowest BCUT2D eigenvalue weighted by Crippen LogP contribution is -2.40. The first-order chi connectivity index (χ1) is 23.5. The molecule has 0 spiro atoms. The Labute approximate surface area is 286 Å². The van der Waals surface area contributed by atoms with Gasteiger partial charge in [0.2, 0.25) is 5.91 Å². The van der Waals surface area contributed by atoms with Gasteiger partial charge in [-0.1, -0.05) is 17.4 Å². The zero-order chi connectivity index (χ0) is 35.4. The average Bonchev–Trinajstić information content (AvgIpc) is 3.52. The minimum atomic E-state index is -0.874. The number of nitrogens with zero attached hydrogens (tertiary/aromatic N) is 3. The summed E-state index contributed by atoms with van der Waals surface area (Å²) in [5.41, 5.74) is 5.23. The van der Waals surface area contributed by atoms with Crippen molar-refractivity contribution in [1.29, 1.82) is 0 Å². The van der Waals surface area contributed by atoms with E-state index >= 15 is 0 Å². The molecular weight excluding hydrogens is 648 g/mol.